The quantitative estimate of drug-likeness (QED) is 0.772. The Morgan fingerprint density at radius 1 is 1.25 bits per heavy atom. The Morgan fingerprint density at radius 3 is 2.64 bits per heavy atom. The fourth-order valence-corrected chi connectivity index (χ4v) is 6.16. The van der Waals surface area contributed by atoms with E-state index in [2.05, 4.69) is 0 Å². The van der Waals surface area contributed by atoms with Crippen LogP contribution in [0.15, 0.2) is 30.3 Å². The number of hydrogen-bond acceptors (Lipinski definition) is 6. The van der Waals surface area contributed by atoms with Gasteiger partial charge in [0.1, 0.15) is 18.3 Å². The van der Waals surface area contributed by atoms with Gasteiger partial charge in [0.05, 0.1) is 11.5 Å². The van der Waals surface area contributed by atoms with Crippen molar-refractivity contribution in [2.45, 2.75) is 51.2 Å². The van der Waals surface area contributed by atoms with E-state index in [0.29, 0.717) is 12.0 Å². The monoisotopic (exact) mass is 388 g/mol. The maximum absolute atomic E-state index is 12.8. The van der Waals surface area contributed by atoms with E-state index in [4.69, 9.17) is 9.47 Å². The predicted octanol–water partition coefficient (Wildman–Crippen LogP) is 2.32. The Kier molecular flexibility index (Phi) is 4.55. The molecule has 1 aromatic rings. The summed E-state index contributed by atoms with van der Waals surface area (Å²) in [6, 6.07) is 8.75. The minimum atomic E-state index is -1.30. The minimum absolute atomic E-state index is 0.0373. The first-order valence-electron chi connectivity index (χ1n) is 10.0. The van der Waals surface area contributed by atoms with E-state index in [1.807, 2.05) is 19.9 Å². The van der Waals surface area contributed by atoms with Crippen molar-refractivity contribution in [1.29, 1.82) is 0 Å². The largest absolute Gasteiger partial charge is 0.462 e. The van der Waals surface area contributed by atoms with Crippen molar-refractivity contribution in [3.63, 3.8) is 0 Å². The van der Waals surface area contributed by atoms with Crippen molar-refractivity contribution in [3.05, 3.63) is 35.9 Å². The number of aliphatic hydroxyl groups is 2. The lowest BCUT2D eigenvalue weighted by Gasteiger charge is -2.62. The van der Waals surface area contributed by atoms with Crippen LogP contribution in [-0.4, -0.2) is 47.1 Å². The number of hydrogen-bond donors (Lipinski definition) is 2. The molecule has 0 amide bonds. The summed E-state index contributed by atoms with van der Waals surface area (Å²) in [5, 5.41) is 21.8. The Labute approximate surface area is 164 Å². The zero-order chi connectivity index (χ0) is 20.2. The van der Waals surface area contributed by atoms with Crippen molar-refractivity contribution in [2.75, 3.05) is 13.2 Å². The summed E-state index contributed by atoms with van der Waals surface area (Å²) in [5.41, 5.74) is -2.07. The predicted molar refractivity (Wildman–Crippen MR) is 100 cm³/mol. The van der Waals surface area contributed by atoms with Gasteiger partial charge in [0.15, 0.2) is 0 Å². The first kappa shape index (κ1) is 19.4. The molecule has 0 radical (unpaired) electrons. The van der Waals surface area contributed by atoms with E-state index in [-0.39, 0.29) is 25.6 Å². The zero-order valence-corrected chi connectivity index (χ0v) is 16.4. The molecule has 3 fully saturated rings. The van der Waals surface area contributed by atoms with Gasteiger partial charge in [-0.1, -0.05) is 38.5 Å². The molecule has 152 valence electrons. The minimum Gasteiger partial charge on any atom is -0.462 e. The lowest BCUT2D eigenvalue weighted by atomic mass is 9.44. The topological polar surface area (TPSA) is 93.1 Å². The number of ether oxygens (including phenoxy) is 2. The number of benzene rings is 1. The van der Waals surface area contributed by atoms with Crippen molar-refractivity contribution < 1.29 is 29.3 Å². The van der Waals surface area contributed by atoms with Crippen LogP contribution in [0.4, 0.5) is 0 Å². The molecule has 6 heteroatoms. The van der Waals surface area contributed by atoms with E-state index in [9.17, 15) is 19.8 Å². The van der Waals surface area contributed by atoms with Crippen molar-refractivity contribution in [2.24, 2.45) is 22.7 Å². The van der Waals surface area contributed by atoms with Crippen LogP contribution >= 0.6 is 0 Å². The Balaban J connectivity index is 1.74. The van der Waals surface area contributed by atoms with Gasteiger partial charge in [0.25, 0.3) is 0 Å². The number of rotatable bonds is 3. The number of esters is 2. The van der Waals surface area contributed by atoms with Gasteiger partial charge in [-0.2, -0.15) is 0 Å². The van der Waals surface area contributed by atoms with Gasteiger partial charge in [0, 0.05) is 24.4 Å². The molecule has 0 aromatic heterocycles. The van der Waals surface area contributed by atoms with E-state index >= 15 is 0 Å². The van der Waals surface area contributed by atoms with E-state index in [1.54, 1.807) is 24.3 Å². The molecule has 2 saturated carbocycles. The summed E-state index contributed by atoms with van der Waals surface area (Å²) in [6.07, 6.45) is 1.93. The first-order valence-corrected chi connectivity index (χ1v) is 10.0. The number of carbonyl (C=O) groups excluding carboxylic acids is 2. The molecule has 0 unspecified atom stereocenters. The van der Waals surface area contributed by atoms with Gasteiger partial charge in [-0.3, -0.25) is 4.79 Å². The Bertz CT molecular complexity index is 778. The standard InChI is InChI=1S/C22H28O6/c1-20(12-23)9-6-10-21(2)17(20)16(11-15-19(25)27-13-22(15,21)26)28-18(24)14-7-4-3-5-8-14/h3-5,7-8,15-17,23,26H,6,9-13H2,1-2H3/t15-,16-,17-,20-,21-,22+/m1/s1. The average molecular weight is 388 g/mol. The second-order valence-corrected chi connectivity index (χ2v) is 9.19. The third-order valence-corrected chi connectivity index (χ3v) is 7.63. The number of aliphatic hydroxyl groups excluding tert-OH is 1. The second kappa shape index (κ2) is 6.56. The number of carbonyl (C=O) groups is 2. The van der Waals surface area contributed by atoms with Crippen LogP contribution in [-0.2, 0) is 14.3 Å². The summed E-state index contributed by atoms with van der Waals surface area (Å²) >= 11 is 0. The number of cyclic esters (lactones) is 1. The van der Waals surface area contributed by atoms with Crippen molar-refractivity contribution in [3.8, 4) is 0 Å². The van der Waals surface area contributed by atoms with E-state index in [0.717, 1.165) is 12.8 Å². The maximum atomic E-state index is 12.8. The Morgan fingerprint density at radius 2 is 1.96 bits per heavy atom. The van der Waals surface area contributed by atoms with E-state index < -0.39 is 40.4 Å². The van der Waals surface area contributed by atoms with Crippen molar-refractivity contribution >= 4 is 11.9 Å². The van der Waals surface area contributed by atoms with Gasteiger partial charge in [-0.15, -0.1) is 0 Å². The van der Waals surface area contributed by atoms with Crippen LogP contribution in [0.1, 0.15) is 49.9 Å². The van der Waals surface area contributed by atoms with Crippen LogP contribution in [0, 0.1) is 22.7 Å². The highest BCUT2D eigenvalue weighted by molar-refractivity contribution is 5.89. The fourth-order valence-electron chi connectivity index (χ4n) is 6.16. The molecule has 0 bridgehead atoms. The van der Waals surface area contributed by atoms with Crippen LogP contribution in [0.5, 0.6) is 0 Å². The third-order valence-electron chi connectivity index (χ3n) is 7.63. The third kappa shape index (κ3) is 2.61. The molecule has 2 N–H and O–H groups in total. The summed E-state index contributed by atoms with van der Waals surface area (Å²) in [5.74, 6) is -1.87. The van der Waals surface area contributed by atoms with Gasteiger partial charge in [-0.05, 0) is 30.4 Å². The fraction of sp³-hybridized carbons (Fsp3) is 0.636. The number of fused-ring (bicyclic) bond motifs is 3. The molecule has 4 rings (SSSR count). The summed E-state index contributed by atoms with van der Waals surface area (Å²) in [4.78, 5) is 25.2. The highest BCUT2D eigenvalue weighted by Crippen LogP contribution is 2.64. The highest BCUT2D eigenvalue weighted by Gasteiger charge is 2.71. The van der Waals surface area contributed by atoms with Gasteiger partial charge < -0.3 is 19.7 Å². The Hall–Kier alpha value is -1.92. The molecule has 6 nitrogen and oxygen atoms in total. The molecule has 1 aromatic carbocycles. The van der Waals surface area contributed by atoms with Crippen LogP contribution in [0.3, 0.4) is 0 Å². The van der Waals surface area contributed by atoms with Gasteiger partial charge in [-0.25, -0.2) is 4.79 Å². The molecule has 1 aliphatic heterocycles. The molecule has 3 aliphatic rings. The van der Waals surface area contributed by atoms with Gasteiger partial charge >= 0.3 is 11.9 Å². The first-order chi connectivity index (χ1) is 13.2. The molecule has 28 heavy (non-hydrogen) atoms. The molecule has 1 heterocycles. The zero-order valence-electron chi connectivity index (χ0n) is 16.4. The van der Waals surface area contributed by atoms with E-state index in [1.165, 1.54) is 0 Å². The molecule has 1 saturated heterocycles. The smallest absolute Gasteiger partial charge is 0.338 e. The second-order valence-electron chi connectivity index (χ2n) is 9.19. The average Bonchev–Trinajstić information content (AvgIpc) is 2.98. The summed E-state index contributed by atoms with van der Waals surface area (Å²) in [6.45, 7) is 3.84. The molecule has 0 spiro atoms. The lowest BCUT2D eigenvalue weighted by Crippen LogP contribution is -2.68. The molecule has 2 aliphatic carbocycles. The van der Waals surface area contributed by atoms with Crippen LogP contribution < -0.4 is 0 Å². The highest BCUT2D eigenvalue weighted by atomic mass is 16.6. The van der Waals surface area contributed by atoms with Crippen molar-refractivity contribution in [1.82, 2.24) is 0 Å². The van der Waals surface area contributed by atoms with Crippen LogP contribution in [0.25, 0.3) is 0 Å². The normalized spacial score (nSPS) is 42.3. The summed E-state index contributed by atoms with van der Waals surface area (Å²) < 4.78 is 11.2. The maximum Gasteiger partial charge on any atom is 0.338 e. The molecule has 6 atom stereocenters. The summed E-state index contributed by atoms with van der Waals surface area (Å²) in [7, 11) is 0. The molecular weight excluding hydrogens is 360 g/mol. The lowest BCUT2D eigenvalue weighted by molar-refractivity contribution is -0.238. The molecular formula is C22H28O6. The van der Waals surface area contributed by atoms with Gasteiger partial charge in [0.2, 0.25) is 0 Å². The van der Waals surface area contributed by atoms with Crippen LogP contribution in [0.2, 0.25) is 0 Å². The SMILES string of the molecule is C[C@]1(CO)CCC[C@]2(C)[C@@H]1[C@H](OC(=O)c1ccccc1)C[C@@H]1C(=O)OC[C@]12O.